The SMILES string of the molecule is O=C(NCCc1cccc(Cl)c1)Nc1ccccc1. The van der Waals surface area contributed by atoms with Gasteiger partial charge in [0, 0.05) is 17.3 Å². The van der Waals surface area contributed by atoms with E-state index in [1.54, 1.807) is 0 Å². The van der Waals surface area contributed by atoms with Crippen LogP contribution in [0.4, 0.5) is 10.5 Å². The number of hydrogen-bond acceptors (Lipinski definition) is 1. The molecule has 0 aliphatic rings. The molecule has 19 heavy (non-hydrogen) atoms. The number of anilines is 1. The van der Waals surface area contributed by atoms with Crippen LogP contribution >= 0.6 is 11.6 Å². The highest BCUT2D eigenvalue weighted by Crippen LogP contribution is 2.10. The Hall–Kier alpha value is -2.00. The lowest BCUT2D eigenvalue weighted by Crippen LogP contribution is -2.30. The summed E-state index contributed by atoms with van der Waals surface area (Å²) in [7, 11) is 0. The Kier molecular flexibility index (Phi) is 4.81. The molecule has 0 unspecified atom stereocenters. The standard InChI is InChI=1S/C15H15ClN2O/c16-13-6-4-5-12(11-13)9-10-17-15(19)18-14-7-2-1-3-8-14/h1-8,11H,9-10H2,(H2,17,18,19). The molecule has 0 saturated heterocycles. The van der Waals surface area contributed by atoms with Crippen molar-refractivity contribution in [3.63, 3.8) is 0 Å². The highest BCUT2D eigenvalue weighted by atomic mass is 35.5. The lowest BCUT2D eigenvalue weighted by molar-refractivity contribution is 0.252. The molecular weight excluding hydrogens is 260 g/mol. The molecule has 2 aromatic carbocycles. The average Bonchev–Trinajstić information content (AvgIpc) is 2.40. The highest BCUT2D eigenvalue weighted by molar-refractivity contribution is 6.30. The zero-order valence-electron chi connectivity index (χ0n) is 10.4. The van der Waals surface area contributed by atoms with Crippen molar-refractivity contribution < 1.29 is 4.79 Å². The van der Waals surface area contributed by atoms with Crippen molar-refractivity contribution in [3.8, 4) is 0 Å². The van der Waals surface area contributed by atoms with Crippen LogP contribution < -0.4 is 10.6 Å². The maximum atomic E-state index is 11.6. The Bertz CT molecular complexity index is 543. The zero-order valence-corrected chi connectivity index (χ0v) is 11.2. The summed E-state index contributed by atoms with van der Waals surface area (Å²) >= 11 is 5.89. The molecule has 0 atom stereocenters. The predicted molar refractivity (Wildman–Crippen MR) is 78.6 cm³/mol. The molecule has 2 rings (SSSR count). The summed E-state index contributed by atoms with van der Waals surface area (Å²) in [5, 5.41) is 6.28. The van der Waals surface area contributed by atoms with Gasteiger partial charge in [0.2, 0.25) is 0 Å². The number of hydrogen-bond donors (Lipinski definition) is 2. The number of rotatable bonds is 4. The first-order chi connectivity index (χ1) is 9.24. The summed E-state index contributed by atoms with van der Waals surface area (Å²) < 4.78 is 0. The monoisotopic (exact) mass is 274 g/mol. The summed E-state index contributed by atoms with van der Waals surface area (Å²) in [5.41, 5.74) is 1.88. The minimum atomic E-state index is -0.201. The van der Waals surface area contributed by atoms with Crippen LogP contribution in [-0.4, -0.2) is 12.6 Å². The Morgan fingerprint density at radius 1 is 1.05 bits per heavy atom. The Morgan fingerprint density at radius 2 is 1.84 bits per heavy atom. The molecule has 0 heterocycles. The maximum Gasteiger partial charge on any atom is 0.319 e. The van der Waals surface area contributed by atoms with Gasteiger partial charge in [-0.2, -0.15) is 0 Å². The molecular formula is C15H15ClN2O. The fourth-order valence-electron chi connectivity index (χ4n) is 1.71. The third kappa shape index (κ3) is 4.64. The predicted octanol–water partition coefficient (Wildman–Crippen LogP) is 3.70. The second-order valence-corrected chi connectivity index (χ2v) is 4.56. The molecule has 2 amide bonds. The molecule has 0 radical (unpaired) electrons. The minimum absolute atomic E-state index is 0.201. The molecule has 0 saturated carbocycles. The maximum absolute atomic E-state index is 11.6. The summed E-state index contributed by atoms with van der Waals surface area (Å²) in [5.74, 6) is 0. The molecule has 3 nitrogen and oxygen atoms in total. The Balaban J connectivity index is 1.75. The van der Waals surface area contributed by atoms with Crippen LogP contribution in [0.5, 0.6) is 0 Å². The number of halogens is 1. The van der Waals surface area contributed by atoms with E-state index in [2.05, 4.69) is 10.6 Å². The molecule has 0 aliphatic carbocycles. The second kappa shape index (κ2) is 6.81. The van der Waals surface area contributed by atoms with Crippen molar-refractivity contribution in [2.45, 2.75) is 6.42 Å². The van der Waals surface area contributed by atoms with Gasteiger partial charge in [0.1, 0.15) is 0 Å². The van der Waals surface area contributed by atoms with Crippen LogP contribution in [0.25, 0.3) is 0 Å². The van der Waals surface area contributed by atoms with Gasteiger partial charge in [-0.3, -0.25) is 0 Å². The zero-order chi connectivity index (χ0) is 13.5. The number of para-hydroxylation sites is 1. The molecule has 0 spiro atoms. The number of amides is 2. The molecule has 98 valence electrons. The number of benzene rings is 2. The van der Waals surface area contributed by atoms with Gasteiger partial charge >= 0.3 is 6.03 Å². The molecule has 4 heteroatoms. The lowest BCUT2D eigenvalue weighted by Gasteiger charge is -2.07. The van der Waals surface area contributed by atoms with E-state index in [0.717, 1.165) is 17.7 Å². The quantitative estimate of drug-likeness (QED) is 0.877. The topological polar surface area (TPSA) is 41.1 Å². The first-order valence-electron chi connectivity index (χ1n) is 6.08. The molecule has 0 fully saturated rings. The van der Waals surface area contributed by atoms with Crippen molar-refractivity contribution in [1.29, 1.82) is 0 Å². The van der Waals surface area contributed by atoms with E-state index in [1.807, 2.05) is 54.6 Å². The van der Waals surface area contributed by atoms with Crippen molar-refractivity contribution in [1.82, 2.24) is 5.32 Å². The molecule has 0 aliphatic heterocycles. The number of carbonyl (C=O) groups is 1. The van der Waals surface area contributed by atoms with Crippen molar-refractivity contribution in [3.05, 3.63) is 65.2 Å². The summed E-state index contributed by atoms with van der Waals surface area (Å²) in [6.45, 7) is 0.568. The fraction of sp³-hybridized carbons (Fsp3) is 0.133. The van der Waals surface area contributed by atoms with E-state index in [9.17, 15) is 4.79 Å². The highest BCUT2D eigenvalue weighted by Gasteiger charge is 2.00. The Labute approximate surface area is 117 Å². The molecule has 2 aromatic rings. The van der Waals surface area contributed by atoms with E-state index in [-0.39, 0.29) is 6.03 Å². The molecule has 0 bridgehead atoms. The van der Waals surface area contributed by atoms with Crippen molar-refractivity contribution in [2.75, 3.05) is 11.9 Å². The van der Waals surface area contributed by atoms with E-state index in [0.29, 0.717) is 11.6 Å². The van der Waals surface area contributed by atoms with Gasteiger partial charge in [0.05, 0.1) is 0 Å². The fourth-order valence-corrected chi connectivity index (χ4v) is 1.92. The number of urea groups is 1. The smallest absolute Gasteiger partial charge is 0.319 e. The average molecular weight is 275 g/mol. The largest absolute Gasteiger partial charge is 0.338 e. The third-order valence-corrected chi connectivity index (χ3v) is 2.86. The van der Waals surface area contributed by atoms with E-state index < -0.39 is 0 Å². The van der Waals surface area contributed by atoms with Crippen molar-refractivity contribution in [2.24, 2.45) is 0 Å². The van der Waals surface area contributed by atoms with Gasteiger partial charge in [0.25, 0.3) is 0 Å². The number of carbonyl (C=O) groups excluding carboxylic acids is 1. The Morgan fingerprint density at radius 3 is 2.58 bits per heavy atom. The second-order valence-electron chi connectivity index (χ2n) is 4.13. The first kappa shape index (κ1) is 13.4. The number of nitrogens with one attached hydrogen (secondary N) is 2. The van der Waals surface area contributed by atoms with Crippen molar-refractivity contribution >= 4 is 23.3 Å². The van der Waals surface area contributed by atoms with Crippen LogP contribution in [-0.2, 0) is 6.42 Å². The summed E-state index contributed by atoms with van der Waals surface area (Å²) in [6.07, 6.45) is 0.753. The van der Waals surface area contributed by atoms with E-state index in [1.165, 1.54) is 0 Å². The van der Waals surface area contributed by atoms with Crippen LogP contribution in [0.2, 0.25) is 5.02 Å². The summed E-state index contributed by atoms with van der Waals surface area (Å²) in [4.78, 5) is 11.6. The molecule has 0 aromatic heterocycles. The molecule has 2 N–H and O–H groups in total. The lowest BCUT2D eigenvalue weighted by atomic mass is 10.1. The van der Waals surface area contributed by atoms with Gasteiger partial charge < -0.3 is 10.6 Å². The van der Waals surface area contributed by atoms with Gasteiger partial charge in [0.15, 0.2) is 0 Å². The normalized spacial score (nSPS) is 9.95. The van der Waals surface area contributed by atoms with Gasteiger partial charge in [-0.05, 0) is 36.2 Å². The first-order valence-corrected chi connectivity index (χ1v) is 6.46. The minimum Gasteiger partial charge on any atom is -0.338 e. The van der Waals surface area contributed by atoms with E-state index in [4.69, 9.17) is 11.6 Å². The summed E-state index contributed by atoms with van der Waals surface area (Å²) in [6, 6.07) is 16.8. The van der Waals surface area contributed by atoms with Crippen LogP contribution in [0.15, 0.2) is 54.6 Å². The van der Waals surface area contributed by atoms with Crippen LogP contribution in [0.1, 0.15) is 5.56 Å². The van der Waals surface area contributed by atoms with Gasteiger partial charge in [-0.1, -0.05) is 41.9 Å². The van der Waals surface area contributed by atoms with E-state index >= 15 is 0 Å². The van der Waals surface area contributed by atoms with Crippen LogP contribution in [0.3, 0.4) is 0 Å². The van der Waals surface area contributed by atoms with Gasteiger partial charge in [-0.15, -0.1) is 0 Å². The van der Waals surface area contributed by atoms with Crippen LogP contribution in [0, 0.1) is 0 Å². The van der Waals surface area contributed by atoms with Gasteiger partial charge in [-0.25, -0.2) is 4.79 Å². The third-order valence-electron chi connectivity index (χ3n) is 2.62.